The van der Waals surface area contributed by atoms with Crippen LogP contribution < -0.4 is 0 Å². The molecule has 6 heteroatoms. The van der Waals surface area contributed by atoms with Gasteiger partial charge in [-0.25, -0.2) is 4.79 Å². The summed E-state index contributed by atoms with van der Waals surface area (Å²) in [6.07, 6.45) is -0.557. The third kappa shape index (κ3) is 1.97. The molecule has 3 heterocycles. The van der Waals surface area contributed by atoms with Crippen LogP contribution in [0.4, 0.5) is 0 Å². The first-order chi connectivity index (χ1) is 8.25. The highest BCUT2D eigenvalue weighted by atomic mass is 16.8. The fourth-order valence-electron chi connectivity index (χ4n) is 2.33. The Labute approximate surface area is 98.4 Å². The van der Waals surface area contributed by atoms with Gasteiger partial charge in [0.05, 0.1) is 6.61 Å². The van der Waals surface area contributed by atoms with Gasteiger partial charge in [-0.05, 0) is 0 Å². The number of cyclic esters (lactones) is 1. The zero-order valence-corrected chi connectivity index (χ0v) is 9.29. The Kier molecular flexibility index (Phi) is 2.87. The van der Waals surface area contributed by atoms with Crippen molar-refractivity contribution >= 4 is 5.97 Å². The minimum absolute atomic E-state index is 0.157. The molecule has 3 rings (SSSR count). The van der Waals surface area contributed by atoms with Crippen LogP contribution in [0, 0.1) is 0 Å². The number of rotatable bonds is 1. The maximum absolute atomic E-state index is 11.3. The molecule has 0 aromatic rings. The van der Waals surface area contributed by atoms with Gasteiger partial charge in [-0.2, -0.15) is 0 Å². The zero-order chi connectivity index (χ0) is 11.8. The van der Waals surface area contributed by atoms with Crippen molar-refractivity contribution in [3.63, 3.8) is 0 Å². The highest BCUT2D eigenvalue weighted by Gasteiger charge is 2.46. The van der Waals surface area contributed by atoms with Crippen molar-refractivity contribution in [2.45, 2.75) is 30.8 Å². The molecule has 6 nitrogen and oxygen atoms in total. The molecule has 3 aliphatic heterocycles. The summed E-state index contributed by atoms with van der Waals surface area (Å²) < 4.78 is 26.8. The topological polar surface area (TPSA) is 63.2 Å². The predicted molar refractivity (Wildman–Crippen MR) is 53.9 cm³/mol. The lowest BCUT2D eigenvalue weighted by Gasteiger charge is -2.41. The van der Waals surface area contributed by atoms with Crippen LogP contribution in [0.3, 0.4) is 0 Å². The smallest absolute Gasteiger partial charge is 0.333 e. The molecule has 3 fully saturated rings. The van der Waals surface area contributed by atoms with Crippen LogP contribution in [0.25, 0.3) is 0 Å². The third-order valence-electron chi connectivity index (χ3n) is 3.22. The van der Waals surface area contributed by atoms with Crippen LogP contribution in [0.2, 0.25) is 0 Å². The van der Waals surface area contributed by atoms with Gasteiger partial charge in [0.1, 0.15) is 38.0 Å². The van der Waals surface area contributed by atoms with Crippen LogP contribution in [-0.2, 0) is 28.5 Å². The fraction of sp³-hybridized carbons (Fsp3) is 0.727. The molecule has 0 aromatic heterocycles. The molecular formula is C11H14O6. The summed E-state index contributed by atoms with van der Waals surface area (Å²) in [6, 6.07) is 0. The normalized spacial score (nSPS) is 42.1. The number of fused-ring (bicyclic) bond motifs is 1. The summed E-state index contributed by atoms with van der Waals surface area (Å²) in [5, 5.41) is 0. The molecule has 17 heavy (non-hydrogen) atoms. The minimum Gasteiger partial charge on any atom is -0.456 e. The summed E-state index contributed by atoms with van der Waals surface area (Å²) >= 11 is 0. The maximum atomic E-state index is 11.3. The molecule has 0 amide bonds. The van der Waals surface area contributed by atoms with E-state index in [-0.39, 0.29) is 44.0 Å². The Morgan fingerprint density at radius 3 is 2.59 bits per heavy atom. The first kappa shape index (κ1) is 11.2. The van der Waals surface area contributed by atoms with Crippen molar-refractivity contribution < 1.29 is 28.5 Å². The van der Waals surface area contributed by atoms with Crippen molar-refractivity contribution in [3.05, 3.63) is 12.2 Å². The molecule has 94 valence electrons. The average Bonchev–Trinajstić information content (AvgIpc) is 2.69. The van der Waals surface area contributed by atoms with Crippen molar-refractivity contribution in [1.82, 2.24) is 0 Å². The van der Waals surface area contributed by atoms with Gasteiger partial charge >= 0.3 is 5.97 Å². The molecule has 0 radical (unpaired) electrons. The molecule has 0 saturated carbocycles. The Bertz CT molecular complexity index is 323. The van der Waals surface area contributed by atoms with E-state index in [1.165, 1.54) is 0 Å². The lowest BCUT2D eigenvalue weighted by atomic mass is 9.98. The second-order valence-corrected chi connectivity index (χ2v) is 4.33. The molecular weight excluding hydrogens is 228 g/mol. The quantitative estimate of drug-likeness (QED) is 0.475. The maximum Gasteiger partial charge on any atom is 0.333 e. The number of carbonyl (C=O) groups is 1. The highest BCUT2D eigenvalue weighted by Crippen LogP contribution is 2.30. The molecule has 4 atom stereocenters. The van der Waals surface area contributed by atoms with Crippen LogP contribution in [0.1, 0.15) is 6.42 Å². The molecule has 0 bridgehead atoms. The first-order valence-corrected chi connectivity index (χ1v) is 5.57. The van der Waals surface area contributed by atoms with E-state index in [1.807, 2.05) is 0 Å². The Balaban J connectivity index is 1.73. The predicted octanol–water partition coefficient (Wildman–Crippen LogP) is -0.0275. The van der Waals surface area contributed by atoms with E-state index in [9.17, 15) is 4.79 Å². The molecule has 0 aromatic carbocycles. The van der Waals surface area contributed by atoms with E-state index in [2.05, 4.69) is 6.58 Å². The van der Waals surface area contributed by atoms with Crippen molar-refractivity contribution in [1.29, 1.82) is 0 Å². The van der Waals surface area contributed by atoms with Gasteiger partial charge in [0.15, 0.2) is 0 Å². The second-order valence-electron chi connectivity index (χ2n) is 4.33. The van der Waals surface area contributed by atoms with Crippen LogP contribution in [-0.4, -0.2) is 50.6 Å². The van der Waals surface area contributed by atoms with Gasteiger partial charge in [0.25, 0.3) is 0 Å². The van der Waals surface area contributed by atoms with Crippen molar-refractivity contribution in [3.8, 4) is 0 Å². The molecule has 0 spiro atoms. The molecule has 0 N–H and O–H groups in total. The minimum atomic E-state index is -0.353. The van der Waals surface area contributed by atoms with Gasteiger partial charge in [-0.3, -0.25) is 0 Å². The van der Waals surface area contributed by atoms with Gasteiger partial charge < -0.3 is 23.7 Å². The largest absolute Gasteiger partial charge is 0.456 e. The summed E-state index contributed by atoms with van der Waals surface area (Å²) in [5.41, 5.74) is 0.480. The Hall–Kier alpha value is -0.950. The van der Waals surface area contributed by atoms with Crippen molar-refractivity contribution in [2.24, 2.45) is 0 Å². The second kappa shape index (κ2) is 4.38. The van der Waals surface area contributed by atoms with Gasteiger partial charge in [0, 0.05) is 12.0 Å². The van der Waals surface area contributed by atoms with E-state index in [0.717, 1.165) is 0 Å². The number of ether oxygens (including phenoxy) is 5. The first-order valence-electron chi connectivity index (χ1n) is 5.57. The number of hydrogen-bond acceptors (Lipinski definition) is 6. The average molecular weight is 242 g/mol. The molecule has 3 saturated heterocycles. The molecule has 0 aliphatic carbocycles. The Morgan fingerprint density at radius 2 is 1.82 bits per heavy atom. The van der Waals surface area contributed by atoms with Crippen molar-refractivity contribution in [2.75, 3.05) is 20.2 Å². The number of esters is 1. The van der Waals surface area contributed by atoms with E-state index >= 15 is 0 Å². The lowest BCUT2D eigenvalue weighted by molar-refractivity contribution is -0.312. The standard InChI is InChI=1S/C11H14O6/c1-6-2-7(17-11(6)12)9-10-8(14-5-16-9)3-13-4-15-10/h7-10H,1-5H2/t7-,8+,9-,10-/m0/s1. The molecule has 0 unspecified atom stereocenters. The summed E-state index contributed by atoms with van der Waals surface area (Å²) in [5.74, 6) is -0.353. The van der Waals surface area contributed by atoms with E-state index < -0.39 is 0 Å². The monoisotopic (exact) mass is 242 g/mol. The number of carbonyl (C=O) groups excluding carboxylic acids is 1. The van der Waals surface area contributed by atoms with Gasteiger partial charge in [0.2, 0.25) is 0 Å². The van der Waals surface area contributed by atoms with E-state index in [1.54, 1.807) is 0 Å². The van der Waals surface area contributed by atoms with Crippen LogP contribution >= 0.6 is 0 Å². The molecule has 3 aliphatic rings. The van der Waals surface area contributed by atoms with Gasteiger partial charge in [-0.1, -0.05) is 6.58 Å². The Morgan fingerprint density at radius 1 is 1.06 bits per heavy atom. The highest BCUT2D eigenvalue weighted by molar-refractivity contribution is 5.90. The van der Waals surface area contributed by atoms with Gasteiger partial charge in [-0.15, -0.1) is 0 Å². The van der Waals surface area contributed by atoms with Crippen LogP contribution in [0.15, 0.2) is 12.2 Å². The number of hydrogen-bond donors (Lipinski definition) is 0. The van der Waals surface area contributed by atoms with Crippen LogP contribution in [0.5, 0.6) is 0 Å². The third-order valence-corrected chi connectivity index (χ3v) is 3.22. The zero-order valence-electron chi connectivity index (χ0n) is 9.29. The summed E-state index contributed by atoms with van der Waals surface area (Å²) in [4.78, 5) is 11.3. The van der Waals surface area contributed by atoms with E-state index in [0.29, 0.717) is 18.6 Å². The SMILES string of the molecule is C=C1C[C@@H]([C@@H]2OCO[C@@H]3COCO[C@H]23)OC1=O. The fourth-order valence-corrected chi connectivity index (χ4v) is 2.33. The summed E-state index contributed by atoms with van der Waals surface area (Å²) in [7, 11) is 0. The van der Waals surface area contributed by atoms with E-state index in [4.69, 9.17) is 23.7 Å². The summed E-state index contributed by atoms with van der Waals surface area (Å²) in [6.45, 7) is 4.52. The lowest BCUT2D eigenvalue weighted by Crippen LogP contribution is -2.56.